The number of hydrogen-bond acceptors (Lipinski definition) is 7. The molecule has 1 atom stereocenters. The first-order valence-electron chi connectivity index (χ1n) is 12.0. The van der Waals surface area contributed by atoms with Crippen molar-refractivity contribution in [2.45, 2.75) is 31.8 Å². The van der Waals surface area contributed by atoms with Crippen molar-refractivity contribution in [1.29, 1.82) is 0 Å². The number of hydrogen-bond donors (Lipinski definition) is 2. The van der Waals surface area contributed by atoms with E-state index in [2.05, 4.69) is 35.4 Å². The third kappa shape index (κ3) is 5.90. The topological polar surface area (TPSA) is 124 Å². The molecule has 2 heterocycles. The van der Waals surface area contributed by atoms with Crippen molar-refractivity contribution >= 4 is 11.8 Å². The Morgan fingerprint density at radius 2 is 1.80 bits per heavy atom. The average molecular weight is 555 g/mol. The number of alkyl halides is 3. The van der Waals surface area contributed by atoms with Crippen molar-refractivity contribution in [3.05, 3.63) is 89.0 Å². The van der Waals surface area contributed by atoms with Gasteiger partial charge in [0.05, 0.1) is 6.04 Å². The van der Waals surface area contributed by atoms with E-state index in [1.54, 1.807) is 11.7 Å². The summed E-state index contributed by atoms with van der Waals surface area (Å²) in [7, 11) is 1.81. The smallest absolute Gasteiger partial charge is 0.403 e. The van der Waals surface area contributed by atoms with Crippen molar-refractivity contribution in [3.8, 4) is 17.1 Å². The lowest BCUT2D eigenvalue weighted by molar-refractivity contribution is -0.275. The second kappa shape index (κ2) is 10.7. The Bertz CT molecular complexity index is 1590. The molecule has 14 heteroatoms. The molecule has 0 unspecified atom stereocenters. The molecule has 0 spiro atoms. The highest BCUT2D eigenvalue weighted by atomic mass is 19.4. The molecule has 1 aliphatic rings. The lowest BCUT2D eigenvalue weighted by atomic mass is 10.0. The molecule has 2 aromatic carbocycles. The molecule has 0 saturated heterocycles. The number of aryl methyl sites for hydroxylation is 2. The van der Waals surface area contributed by atoms with Gasteiger partial charge in [-0.1, -0.05) is 18.2 Å². The Labute approximate surface area is 224 Å². The molecule has 5 rings (SSSR count). The van der Waals surface area contributed by atoms with Gasteiger partial charge in [-0.3, -0.25) is 9.59 Å². The van der Waals surface area contributed by atoms with Crippen LogP contribution in [0.4, 0.5) is 17.6 Å². The molecule has 4 aromatic rings. The summed E-state index contributed by atoms with van der Waals surface area (Å²) in [5, 5.41) is 9.49. The fraction of sp³-hybridized carbons (Fsp3) is 0.231. The summed E-state index contributed by atoms with van der Waals surface area (Å²) in [5.74, 6) is -2.69. The number of fused-ring (bicyclic) bond motifs is 1. The van der Waals surface area contributed by atoms with Gasteiger partial charge in [0.25, 0.3) is 11.8 Å². The van der Waals surface area contributed by atoms with E-state index in [0.29, 0.717) is 6.42 Å². The number of rotatable bonds is 7. The molecule has 2 aromatic heterocycles. The van der Waals surface area contributed by atoms with E-state index < -0.39 is 29.7 Å². The second-order valence-corrected chi connectivity index (χ2v) is 8.97. The van der Waals surface area contributed by atoms with E-state index in [9.17, 15) is 27.2 Å². The number of ether oxygens (including phenoxy) is 1. The lowest BCUT2D eigenvalue weighted by Crippen LogP contribution is -2.29. The van der Waals surface area contributed by atoms with Crippen molar-refractivity contribution in [3.63, 3.8) is 0 Å². The Kier molecular flexibility index (Phi) is 7.15. The van der Waals surface area contributed by atoms with Crippen LogP contribution in [-0.2, 0) is 20.0 Å². The summed E-state index contributed by atoms with van der Waals surface area (Å²) in [6, 6.07) is 9.67. The van der Waals surface area contributed by atoms with Crippen LogP contribution in [0.15, 0.2) is 55.1 Å². The second-order valence-electron chi connectivity index (χ2n) is 8.97. The number of halogens is 4. The molecule has 1 aliphatic carbocycles. The van der Waals surface area contributed by atoms with E-state index in [1.807, 2.05) is 18.2 Å². The molecule has 0 radical (unpaired) electrons. The van der Waals surface area contributed by atoms with Crippen LogP contribution in [0.1, 0.15) is 50.1 Å². The van der Waals surface area contributed by atoms with Crippen LogP contribution in [0.3, 0.4) is 0 Å². The highest BCUT2D eigenvalue weighted by molar-refractivity contribution is 5.97. The Morgan fingerprint density at radius 3 is 2.52 bits per heavy atom. The minimum Gasteiger partial charge on any atom is -0.403 e. The number of aromatic nitrogens is 5. The van der Waals surface area contributed by atoms with E-state index in [4.69, 9.17) is 0 Å². The molecule has 10 nitrogen and oxygen atoms in total. The minimum atomic E-state index is -5.07. The highest BCUT2D eigenvalue weighted by Gasteiger charge is 2.32. The summed E-state index contributed by atoms with van der Waals surface area (Å²) in [6.45, 7) is -0.242. The highest BCUT2D eigenvalue weighted by Crippen LogP contribution is 2.34. The zero-order chi connectivity index (χ0) is 28.4. The predicted molar refractivity (Wildman–Crippen MR) is 131 cm³/mol. The van der Waals surface area contributed by atoms with Gasteiger partial charge in [0.1, 0.15) is 24.0 Å². The van der Waals surface area contributed by atoms with Crippen molar-refractivity contribution < 1.29 is 31.9 Å². The number of carbonyl (C=O) groups is 2. The molecule has 40 heavy (non-hydrogen) atoms. The first-order chi connectivity index (χ1) is 19.1. The predicted octanol–water partition coefficient (Wildman–Crippen LogP) is 3.66. The summed E-state index contributed by atoms with van der Waals surface area (Å²) in [4.78, 5) is 37.7. The van der Waals surface area contributed by atoms with Crippen LogP contribution in [0.5, 0.6) is 5.75 Å². The maximum Gasteiger partial charge on any atom is 0.573 e. The number of carbonyl (C=O) groups excluding carboxylic acids is 2. The van der Waals surface area contributed by atoms with Gasteiger partial charge >= 0.3 is 6.36 Å². The summed E-state index contributed by atoms with van der Waals surface area (Å²) in [6.07, 6.45) is -1.09. The average Bonchev–Trinajstić information content (AvgIpc) is 3.53. The largest absolute Gasteiger partial charge is 0.573 e. The van der Waals surface area contributed by atoms with Crippen LogP contribution in [0.2, 0.25) is 0 Å². The molecule has 2 N–H and O–H groups in total. The van der Waals surface area contributed by atoms with Gasteiger partial charge in [-0.05, 0) is 47.7 Å². The maximum atomic E-state index is 13.6. The standard InChI is InChI=1S/C26H21F4N7O3/c1-37-23(34-13-35-37)16-3-5-17-15(9-16)4-7-19(17)36-25(39)21-10-20(32-12-33-21)24(38)31-11-14-2-6-18(27)22(8-14)40-26(28,29)30/h2-3,5-6,8-10,12-13,19H,4,7,11H2,1H3,(H,31,38)(H,36,39)/t19-/m0/s1. The maximum absolute atomic E-state index is 13.6. The number of nitrogens with one attached hydrogen (secondary N) is 2. The molecule has 0 aliphatic heterocycles. The van der Waals surface area contributed by atoms with Crippen LogP contribution in [0.25, 0.3) is 11.4 Å². The van der Waals surface area contributed by atoms with Crippen molar-refractivity contribution in [2.75, 3.05) is 0 Å². The fourth-order valence-corrected chi connectivity index (χ4v) is 4.44. The quantitative estimate of drug-likeness (QED) is 0.334. The first-order valence-corrected chi connectivity index (χ1v) is 12.0. The van der Waals surface area contributed by atoms with Gasteiger partial charge in [-0.15, -0.1) is 13.2 Å². The molecule has 0 saturated carbocycles. The zero-order valence-corrected chi connectivity index (χ0v) is 20.9. The van der Waals surface area contributed by atoms with Crippen molar-refractivity contribution in [1.82, 2.24) is 35.4 Å². The third-order valence-electron chi connectivity index (χ3n) is 6.30. The van der Waals surface area contributed by atoms with E-state index in [1.165, 1.54) is 18.5 Å². The van der Waals surface area contributed by atoms with Gasteiger partial charge in [0.2, 0.25) is 0 Å². The van der Waals surface area contributed by atoms with Gasteiger partial charge in [0, 0.05) is 25.2 Å². The van der Waals surface area contributed by atoms with Gasteiger partial charge in [-0.2, -0.15) is 5.10 Å². The third-order valence-corrected chi connectivity index (χ3v) is 6.30. The summed E-state index contributed by atoms with van der Waals surface area (Å²) in [5.41, 5.74) is 2.96. The molecule has 206 valence electrons. The number of amides is 2. The Balaban J connectivity index is 1.23. The van der Waals surface area contributed by atoms with Crippen molar-refractivity contribution in [2.24, 2.45) is 7.05 Å². The summed E-state index contributed by atoms with van der Waals surface area (Å²) >= 11 is 0. The number of nitrogens with zero attached hydrogens (tertiary/aromatic N) is 5. The Morgan fingerprint density at radius 1 is 1.02 bits per heavy atom. The van der Waals surface area contributed by atoms with E-state index in [-0.39, 0.29) is 29.5 Å². The number of benzene rings is 2. The van der Waals surface area contributed by atoms with Crippen LogP contribution >= 0.6 is 0 Å². The SMILES string of the molecule is Cn1ncnc1-c1ccc2c(c1)CC[C@@H]2NC(=O)c1cc(C(=O)NCc2ccc(F)c(OC(F)(F)F)c2)ncn1. The normalized spacial score (nSPS) is 14.5. The monoisotopic (exact) mass is 555 g/mol. The van der Waals surface area contributed by atoms with Crippen LogP contribution in [0, 0.1) is 5.82 Å². The molecule has 0 fully saturated rings. The van der Waals surface area contributed by atoms with Crippen LogP contribution in [-0.4, -0.2) is 42.9 Å². The van der Waals surface area contributed by atoms with Crippen LogP contribution < -0.4 is 15.4 Å². The molecular formula is C26H21F4N7O3. The minimum absolute atomic E-state index is 0.0352. The van der Waals surface area contributed by atoms with Gasteiger partial charge in [-0.25, -0.2) is 24.0 Å². The first kappa shape index (κ1) is 26.7. The zero-order valence-electron chi connectivity index (χ0n) is 20.9. The van der Waals surface area contributed by atoms with E-state index in [0.717, 1.165) is 47.4 Å². The molecular weight excluding hydrogens is 534 g/mol. The van der Waals surface area contributed by atoms with E-state index >= 15 is 0 Å². The molecule has 2 amide bonds. The Hall–Kier alpha value is -4.88. The van der Waals surface area contributed by atoms with Gasteiger partial charge < -0.3 is 15.4 Å². The van der Waals surface area contributed by atoms with Gasteiger partial charge in [0.15, 0.2) is 17.4 Å². The lowest BCUT2D eigenvalue weighted by Gasteiger charge is -2.14. The summed E-state index contributed by atoms with van der Waals surface area (Å²) < 4.78 is 56.4. The molecule has 0 bridgehead atoms. The fourth-order valence-electron chi connectivity index (χ4n) is 4.44.